The van der Waals surface area contributed by atoms with Crippen LogP contribution in [-0.2, 0) is 0 Å². The Bertz CT molecular complexity index is 354. The minimum atomic E-state index is -0.291. The highest BCUT2D eigenvalue weighted by Gasteiger charge is 2.41. The second-order valence-corrected chi connectivity index (χ2v) is 4.70. The number of hydrogen-bond acceptors (Lipinski definition) is 5. The number of nitrogens with one attached hydrogen (secondary N) is 1. The third-order valence-corrected chi connectivity index (χ3v) is 3.37. The number of hydrogen-bond donors (Lipinski definition) is 2. The summed E-state index contributed by atoms with van der Waals surface area (Å²) in [5.74, 6) is 0.335. The van der Waals surface area contributed by atoms with E-state index in [1.54, 1.807) is 0 Å². The fraction of sp³-hybridized carbons (Fsp3) is 0.667. The van der Waals surface area contributed by atoms with Crippen LogP contribution >= 0.6 is 24.1 Å². The molecule has 0 saturated heterocycles. The summed E-state index contributed by atoms with van der Waals surface area (Å²) in [6, 6.07) is 0. The molecule has 5 nitrogen and oxygen atoms in total. The third kappa shape index (κ3) is 2.69. The summed E-state index contributed by atoms with van der Waals surface area (Å²) in [4.78, 5) is 11.8. The first-order valence-electron chi connectivity index (χ1n) is 4.96. The average molecular weight is 263 g/mol. The van der Waals surface area contributed by atoms with Gasteiger partial charge in [-0.15, -0.1) is 12.4 Å². The normalized spacial score (nSPS) is 18.4. The van der Waals surface area contributed by atoms with Gasteiger partial charge in [0.15, 0.2) is 5.69 Å². The largest absolute Gasteiger partial charge is 0.344 e. The van der Waals surface area contributed by atoms with Gasteiger partial charge in [0.05, 0.1) is 23.5 Å². The number of nitrogens with two attached hydrogens (primary N) is 1. The molecule has 1 atom stereocenters. The summed E-state index contributed by atoms with van der Waals surface area (Å²) in [6.07, 6.45) is 3.76. The van der Waals surface area contributed by atoms with Crippen LogP contribution in [0, 0.1) is 5.92 Å². The van der Waals surface area contributed by atoms with Gasteiger partial charge in [0.1, 0.15) is 0 Å². The Morgan fingerprint density at radius 1 is 1.75 bits per heavy atom. The van der Waals surface area contributed by atoms with Crippen molar-refractivity contribution in [3.8, 4) is 0 Å². The molecule has 1 aliphatic rings. The van der Waals surface area contributed by atoms with E-state index in [9.17, 15) is 4.79 Å². The molecule has 7 heteroatoms. The molecule has 1 aliphatic carbocycles. The lowest BCUT2D eigenvalue weighted by atomic mass is 9.96. The average Bonchev–Trinajstić information content (AvgIpc) is 2.94. The molecule has 1 amide bonds. The molecule has 1 aromatic heterocycles. The van der Waals surface area contributed by atoms with Crippen molar-refractivity contribution in [2.75, 3.05) is 6.54 Å². The fourth-order valence-corrected chi connectivity index (χ4v) is 2.04. The highest BCUT2D eigenvalue weighted by atomic mass is 35.5. The van der Waals surface area contributed by atoms with E-state index in [2.05, 4.69) is 14.1 Å². The summed E-state index contributed by atoms with van der Waals surface area (Å²) in [6.45, 7) is 2.45. The third-order valence-electron chi connectivity index (χ3n) is 2.90. The lowest BCUT2D eigenvalue weighted by Gasteiger charge is -2.28. The Labute approximate surface area is 105 Å². The van der Waals surface area contributed by atoms with Crippen LogP contribution < -0.4 is 11.1 Å². The number of carbonyl (C=O) groups is 1. The Morgan fingerprint density at radius 2 is 2.44 bits per heavy atom. The molecule has 0 aromatic carbocycles. The Hall–Kier alpha value is -0.720. The predicted molar refractivity (Wildman–Crippen MR) is 64.8 cm³/mol. The van der Waals surface area contributed by atoms with Crippen LogP contribution in [0.15, 0.2) is 6.20 Å². The molecule has 3 N–H and O–H groups in total. The fourth-order valence-electron chi connectivity index (χ4n) is 1.63. The first-order valence-corrected chi connectivity index (χ1v) is 5.69. The van der Waals surface area contributed by atoms with Crippen molar-refractivity contribution in [1.82, 2.24) is 14.1 Å². The maximum atomic E-state index is 11.8. The lowest BCUT2D eigenvalue weighted by Crippen LogP contribution is -2.53. The van der Waals surface area contributed by atoms with Crippen molar-refractivity contribution in [2.45, 2.75) is 25.3 Å². The topological polar surface area (TPSA) is 80.9 Å². The van der Waals surface area contributed by atoms with E-state index in [4.69, 9.17) is 5.73 Å². The molecule has 1 fully saturated rings. The number of rotatable bonds is 4. The molecule has 1 saturated carbocycles. The zero-order valence-electron chi connectivity index (χ0n) is 8.97. The van der Waals surface area contributed by atoms with Gasteiger partial charge in [0.25, 0.3) is 5.91 Å². The van der Waals surface area contributed by atoms with Crippen molar-refractivity contribution in [2.24, 2.45) is 11.7 Å². The SMILES string of the molecule is CC(CN)(NC(=O)c1cnsn1)C1CC1.Cl. The second-order valence-electron chi connectivity index (χ2n) is 4.14. The molecular formula is C9H15ClN4OS. The number of carbonyl (C=O) groups excluding carboxylic acids is 1. The minimum Gasteiger partial charge on any atom is -0.344 e. The van der Waals surface area contributed by atoms with Crippen LogP contribution in [0.5, 0.6) is 0 Å². The molecule has 1 unspecified atom stereocenters. The quantitative estimate of drug-likeness (QED) is 0.842. The Balaban J connectivity index is 0.00000128. The summed E-state index contributed by atoms with van der Waals surface area (Å²) in [5.41, 5.74) is 5.79. The van der Waals surface area contributed by atoms with Gasteiger partial charge in [-0.05, 0) is 25.7 Å². The first kappa shape index (κ1) is 13.3. The summed E-state index contributed by atoms with van der Waals surface area (Å²) in [5, 5.41) is 2.95. The van der Waals surface area contributed by atoms with Crippen molar-refractivity contribution < 1.29 is 4.79 Å². The first-order chi connectivity index (χ1) is 7.15. The minimum absolute atomic E-state index is 0. The number of nitrogens with zero attached hydrogens (tertiary/aromatic N) is 2. The smallest absolute Gasteiger partial charge is 0.273 e. The number of halogens is 1. The van der Waals surface area contributed by atoms with Gasteiger partial charge in [-0.2, -0.15) is 8.75 Å². The van der Waals surface area contributed by atoms with Crippen LogP contribution in [-0.4, -0.2) is 26.7 Å². The van der Waals surface area contributed by atoms with Crippen LogP contribution in [0.1, 0.15) is 30.3 Å². The molecule has 1 heterocycles. The molecule has 0 spiro atoms. The summed E-state index contributed by atoms with van der Waals surface area (Å²) >= 11 is 1.03. The van der Waals surface area contributed by atoms with Crippen molar-refractivity contribution in [3.63, 3.8) is 0 Å². The van der Waals surface area contributed by atoms with Crippen LogP contribution in [0.3, 0.4) is 0 Å². The molecule has 0 radical (unpaired) electrons. The standard InChI is InChI=1S/C9H14N4OS.ClH/c1-9(5-10,6-2-3-6)12-8(14)7-4-11-15-13-7;/h4,6H,2-3,5,10H2,1H3,(H,12,14);1H. The molecule has 90 valence electrons. The molecule has 0 bridgehead atoms. The monoisotopic (exact) mass is 262 g/mol. The summed E-state index contributed by atoms with van der Waals surface area (Å²) < 4.78 is 7.69. The van der Waals surface area contributed by atoms with Crippen LogP contribution in [0.4, 0.5) is 0 Å². The molecule has 2 rings (SSSR count). The van der Waals surface area contributed by atoms with Gasteiger partial charge in [0, 0.05) is 6.54 Å². The zero-order chi connectivity index (χ0) is 10.9. The summed E-state index contributed by atoms with van der Waals surface area (Å²) in [7, 11) is 0. The van der Waals surface area contributed by atoms with E-state index in [1.165, 1.54) is 6.20 Å². The zero-order valence-corrected chi connectivity index (χ0v) is 10.6. The van der Waals surface area contributed by atoms with E-state index in [0.717, 1.165) is 24.6 Å². The van der Waals surface area contributed by atoms with E-state index >= 15 is 0 Å². The number of aromatic nitrogens is 2. The molecule has 16 heavy (non-hydrogen) atoms. The van der Waals surface area contributed by atoms with Crippen molar-refractivity contribution >= 4 is 30.0 Å². The molecule has 1 aromatic rings. The van der Waals surface area contributed by atoms with Crippen molar-refractivity contribution in [1.29, 1.82) is 0 Å². The second kappa shape index (κ2) is 5.07. The Kier molecular flexibility index (Phi) is 4.23. The highest BCUT2D eigenvalue weighted by Crippen LogP contribution is 2.39. The lowest BCUT2D eigenvalue weighted by molar-refractivity contribution is 0.0893. The van der Waals surface area contributed by atoms with Gasteiger partial charge in [-0.25, -0.2) is 0 Å². The van der Waals surface area contributed by atoms with Crippen LogP contribution in [0.2, 0.25) is 0 Å². The van der Waals surface area contributed by atoms with E-state index in [1.807, 2.05) is 6.92 Å². The maximum absolute atomic E-state index is 11.8. The van der Waals surface area contributed by atoms with E-state index in [-0.39, 0.29) is 23.9 Å². The van der Waals surface area contributed by atoms with Gasteiger partial charge in [-0.1, -0.05) is 0 Å². The van der Waals surface area contributed by atoms with Gasteiger partial charge < -0.3 is 11.1 Å². The van der Waals surface area contributed by atoms with E-state index in [0.29, 0.717) is 18.2 Å². The highest BCUT2D eigenvalue weighted by molar-refractivity contribution is 6.99. The van der Waals surface area contributed by atoms with Crippen LogP contribution in [0.25, 0.3) is 0 Å². The van der Waals surface area contributed by atoms with E-state index < -0.39 is 0 Å². The van der Waals surface area contributed by atoms with Gasteiger partial charge >= 0.3 is 0 Å². The predicted octanol–water partition coefficient (Wildman–Crippen LogP) is 0.817. The molecule has 0 aliphatic heterocycles. The maximum Gasteiger partial charge on any atom is 0.273 e. The van der Waals surface area contributed by atoms with Crippen molar-refractivity contribution in [3.05, 3.63) is 11.9 Å². The molecular weight excluding hydrogens is 248 g/mol. The number of amides is 1. The van der Waals surface area contributed by atoms with Gasteiger partial charge in [0.2, 0.25) is 0 Å². The Morgan fingerprint density at radius 3 is 2.88 bits per heavy atom. The van der Waals surface area contributed by atoms with Gasteiger partial charge in [-0.3, -0.25) is 4.79 Å².